The Kier molecular flexibility index (Phi) is 4.80. The van der Waals surface area contributed by atoms with Gasteiger partial charge in [0.2, 0.25) is 17.7 Å². The predicted octanol–water partition coefficient (Wildman–Crippen LogP) is 3.12. The van der Waals surface area contributed by atoms with E-state index in [0.29, 0.717) is 18.7 Å². The summed E-state index contributed by atoms with van der Waals surface area (Å²) in [5.74, 6) is 0.368. The molecule has 0 saturated carbocycles. The monoisotopic (exact) mass is 292 g/mol. The maximum atomic E-state index is 12.5. The molecule has 1 heterocycles. The highest BCUT2D eigenvalue weighted by Gasteiger charge is 2.33. The minimum Gasteiger partial charge on any atom is -0.337 e. The highest BCUT2D eigenvalue weighted by molar-refractivity contribution is 6.14. The van der Waals surface area contributed by atoms with Crippen molar-refractivity contribution in [2.75, 3.05) is 4.90 Å². The Morgan fingerprint density at radius 1 is 1.10 bits per heavy atom. The Balaban J connectivity index is 2.30. The minimum atomic E-state index is -0.193. The van der Waals surface area contributed by atoms with Crippen LogP contribution < -0.4 is 4.90 Å². The van der Waals surface area contributed by atoms with Crippen LogP contribution in [0.25, 0.3) is 0 Å². The van der Waals surface area contributed by atoms with Crippen LogP contribution in [0, 0.1) is 11.8 Å². The van der Waals surface area contributed by atoms with Crippen LogP contribution >= 0.6 is 0 Å². The van der Waals surface area contributed by atoms with E-state index in [4.69, 9.17) is 4.52 Å². The molecule has 0 unspecified atom stereocenters. The fourth-order valence-corrected chi connectivity index (χ4v) is 2.63. The van der Waals surface area contributed by atoms with Gasteiger partial charge < -0.3 is 4.52 Å². The molecule has 0 fully saturated rings. The molecule has 0 bridgehead atoms. The fourth-order valence-electron chi connectivity index (χ4n) is 2.63. The molecule has 0 spiro atoms. The van der Waals surface area contributed by atoms with Gasteiger partial charge in [-0.05, 0) is 31.1 Å². The van der Waals surface area contributed by atoms with Gasteiger partial charge in [0.15, 0.2) is 0 Å². The molecule has 1 aromatic heterocycles. The lowest BCUT2D eigenvalue weighted by Crippen LogP contribution is -2.38. The number of nitrogens with zero attached hydrogens (tertiary/aromatic N) is 2. The molecule has 116 valence electrons. The average Bonchev–Trinajstić information content (AvgIpc) is 2.91. The van der Waals surface area contributed by atoms with Gasteiger partial charge >= 0.3 is 0 Å². The van der Waals surface area contributed by atoms with Crippen LogP contribution in [-0.2, 0) is 22.4 Å². The molecular formula is C16H24N2O3. The van der Waals surface area contributed by atoms with E-state index in [9.17, 15) is 9.59 Å². The lowest BCUT2D eigenvalue weighted by molar-refractivity contribution is -0.127. The smallest absolute Gasteiger partial charge is 0.244 e. The Morgan fingerprint density at radius 3 is 2.19 bits per heavy atom. The Bertz CT molecular complexity index is 510. The van der Waals surface area contributed by atoms with Crippen molar-refractivity contribution in [3.63, 3.8) is 0 Å². The summed E-state index contributed by atoms with van der Waals surface area (Å²) in [7, 11) is 0. The molecule has 1 aromatic rings. The number of anilines is 1. The first-order valence-electron chi connectivity index (χ1n) is 7.73. The summed E-state index contributed by atoms with van der Waals surface area (Å²) in [6.45, 7) is 7.86. The molecule has 0 aromatic carbocycles. The summed E-state index contributed by atoms with van der Waals surface area (Å²) in [6.07, 6.45) is 3.36. The van der Waals surface area contributed by atoms with Gasteiger partial charge in [0.05, 0.1) is 5.69 Å². The van der Waals surface area contributed by atoms with Gasteiger partial charge in [-0.1, -0.05) is 32.9 Å². The van der Waals surface area contributed by atoms with Crippen molar-refractivity contribution < 1.29 is 14.1 Å². The quantitative estimate of drug-likeness (QED) is 0.836. The second-order valence-corrected chi connectivity index (χ2v) is 6.59. The molecule has 5 heteroatoms. The maximum absolute atomic E-state index is 12.5. The van der Waals surface area contributed by atoms with Gasteiger partial charge in [-0.2, -0.15) is 0 Å². The lowest BCUT2D eigenvalue weighted by Gasteiger charge is -2.20. The zero-order valence-corrected chi connectivity index (χ0v) is 13.3. The number of amides is 2. The number of hydrogen-bond donors (Lipinski definition) is 0. The molecule has 0 radical (unpaired) electrons. The van der Waals surface area contributed by atoms with Crippen molar-refractivity contribution in [1.82, 2.24) is 5.16 Å². The Hall–Kier alpha value is -1.65. The second-order valence-electron chi connectivity index (χ2n) is 6.59. The lowest BCUT2D eigenvalue weighted by atomic mass is 10.1. The number of fused-ring (bicyclic) bond motifs is 1. The summed E-state index contributed by atoms with van der Waals surface area (Å²) >= 11 is 0. The SMILES string of the molecule is CC(C)CC(=O)N(C(=O)CC(C)C)c1onc2c1CCC2. The fraction of sp³-hybridized carbons (Fsp3) is 0.688. The largest absolute Gasteiger partial charge is 0.337 e. The van der Waals surface area contributed by atoms with E-state index in [1.54, 1.807) is 0 Å². The van der Waals surface area contributed by atoms with Gasteiger partial charge in [0.25, 0.3) is 0 Å². The average molecular weight is 292 g/mol. The molecule has 2 amide bonds. The highest BCUT2D eigenvalue weighted by atomic mass is 16.5. The summed E-state index contributed by atoms with van der Waals surface area (Å²) in [5.41, 5.74) is 1.83. The van der Waals surface area contributed by atoms with E-state index in [0.717, 1.165) is 30.5 Å². The van der Waals surface area contributed by atoms with Gasteiger partial charge in [-0.25, -0.2) is 4.90 Å². The number of imide groups is 1. The van der Waals surface area contributed by atoms with Crippen molar-refractivity contribution in [2.24, 2.45) is 11.8 Å². The number of rotatable bonds is 5. The minimum absolute atomic E-state index is 0.193. The van der Waals surface area contributed by atoms with E-state index in [-0.39, 0.29) is 23.7 Å². The zero-order chi connectivity index (χ0) is 15.6. The van der Waals surface area contributed by atoms with Crippen molar-refractivity contribution in [3.8, 4) is 0 Å². The Labute approximate surface area is 125 Å². The molecule has 5 nitrogen and oxygen atoms in total. The van der Waals surface area contributed by atoms with Gasteiger partial charge in [-0.3, -0.25) is 9.59 Å². The molecule has 1 aliphatic carbocycles. The van der Waals surface area contributed by atoms with Gasteiger partial charge in [0, 0.05) is 18.4 Å². The summed E-state index contributed by atoms with van der Waals surface area (Å²) in [4.78, 5) is 26.2. The van der Waals surface area contributed by atoms with E-state index >= 15 is 0 Å². The molecule has 0 atom stereocenters. The standard InChI is InChI=1S/C16H24N2O3/c1-10(2)8-14(19)18(15(20)9-11(3)4)16-12-6-5-7-13(12)17-21-16/h10-11H,5-9H2,1-4H3. The number of carbonyl (C=O) groups is 2. The molecule has 0 aliphatic heterocycles. The zero-order valence-electron chi connectivity index (χ0n) is 13.3. The first-order valence-corrected chi connectivity index (χ1v) is 7.73. The number of carbonyl (C=O) groups excluding carboxylic acids is 2. The number of aryl methyl sites for hydroxylation is 1. The molecule has 2 rings (SSSR count). The summed E-state index contributed by atoms with van der Waals surface area (Å²) in [6, 6.07) is 0. The predicted molar refractivity (Wildman–Crippen MR) is 79.9 cm³/mol. The second kappa shape index (κ2) is 6.41. The summed E-state index contributed by atoms with van der Waals surface area (Å²) < 4.78 is 5.34. The van der Waals surface area contributed by atoms with Crippen molar-refractivity contribution in [3.05, 3.63) is 11.3 Å². The summed E-state index contributed by atoms with van der Waals surface area (Å²) in [5, 5.41) is 4.02. The molecule has 0 saturated heterocycles. The first-order chi connectivity index (χ1) is 9.90. The van der Waals surface area contributed by atoms with E-state index in [1.165, 1.54) is 4.90 Å². The maximum Gasteiger partial charge on any atom is 0.244 e. The van der Waals surface area contributed by atoms with Crippen LogP contribution in [0.4, 0.5) is 5.88 Å². The van der Waals surface area contributed by atoms with E-state index < -0.39 is 0 Å². The van der Waals surface area contributed by atoms with Crippen LogP contribution in [0.3, 0.4) is 0 Å². The highest BCUT2D eigenvalue weighted by Crippen LogP contribution is 2.32. The molecule has 0 N–H and O–H groups in total. The van der Waals surface area contributed by atoms with Crippen LogP contribution in [-0.4, -0.2) is 17.0 Å². The van der Waals surface area contributed by atoms with E-state index in [1.807, 2.05) is 27.7 Å². The number of aromatic nitrogens is 1. The molecule has 21 heavy (non-hydrogen) atoms. The number of hydrogen-bond acceptors (Lipinski definition) is 4. The van der Waals surface area contributed by atoms with Gasteiger partial charge in [0.1, 0.15) is 0 Å². The van der Waals surface area contributed by atoms with Crippen LogP contribution in [0.2, 0.25) is 0 Å². The van der Waals surface area contributed by atoms with Crippen LogP contribution in [0.15, 0.2) is 4.52 Å². The molecular weight excluding hydrogens is 268 g/mol. The topological polar surface area (TPSA) is 63.4 Å². The van der Waals surface area contributed by atoms with Crippen molar-refractivity contribution in [1.29, 1.82) is 0 Å². The third-order valence-corrected chi connectivity index (χ3v) is 3.56. The Morgan fingerprint density at radius 2 is 1.67 bits per heavy atom. The molecule has 1 aliphatic rings. The van der Waals surface area contributed by atoms with Gasteiger partial charge in [-0.15, -0.1) is 0 Å². The van der Waals surface area contributed by atoms with Crippen molar-refractivity contribution in [2.45, 2.75) is 59.8 Å². The third kappa shape index (κ3) is 3.52. The first kappa shape index (κ1) is 15.7. The van der Waals surface area contributed by atoms with E-state index in [2.05, 4.69) is 5.16 Å². The van der Waals surface area contributed by atoms with Crippen LogP contribution in [0.5, 0.6) is 0 Å². The third-order valence-electron chi connectivity index (χ3n) is 3.56. The van der Waals surface area contributed by atoms with Crippen molar-refractivity contribution >= 4 is 17.7 Å². The van der Waals surface area contributed by atoms with Crippen LogP contribution in [0.1, 0.15) is 58.2 Å². The normalized spacial score (nSPS) is 13.8.